The van der Waals surface area contributed by atoms with Crippen molar-refractivity contribution in [1.29, 1.82) is 0 Å². The molecule has 2 heterocycles. The largest absolute Gasteiger partial charge is 0.507 e. The Hall–Kier alpha value is -2.38. The number of aromatic hydroxyl groups is 1. The van der Waals surface area contributed by atoms with Crippen molar-refractivity contribution in [1.82, 2.24) is 4.90 Å². The van der Waals surface area contributed by atoms with E-state index in [9.17, 15) is 19.7 Å². The van der Waals surface area contributed by atoms with Gasteiger partial charge in [0.1, 0.15) is 5.75 Å². The second-order valence-corrected chi connectivity index (χ2v) is 11.5. The third-order valence-electron chi connectivity index (χ3n) is 8.97. The summed E-state index contributed by atoms with van der Waals surface area (Å²) in [6.07, 6.45) is 11.2. The molecule has 0 bridgehead atoms. The highest BCUT2D eigenvalue weighted by molar-refractivity contribution is 6.43. The Morgan fingerprint density at radius 1 is 1.14 bits per heavy atom. The first-order chi connectivity index (χ1) is 17.9. The van der Waals surface area contributed by atoms with E-state index >= 15 is 0 Å². The summed E-state index contributed by atoms with van der Waals surface area (Å²) in [5.74, 6) is -0.537. The van der Waals surface area contributed by atoms with E-state index in [1.807, 2.05) is 31.2 Å². The number of para-hydroxylation sites is 1. The lowest BCUT2D eigenvalue weighted by Gasteiger charge is -2.43. The summed E-state index contributed by atoms with van der Waals surface area (Å²) in [5.41, 5.74) is 4.34. The van der Waals surface area contributed by atoms with E-state index in [-0.39, 0.29) is 47.5 Å². The normalized spacial score (nSPS) is 29.1. The average molecular weight is 505 g/mol. The quantitative estimate of drug-likeness (QED) is 0.290. The summed E-state index contributed by atoms with van der Waals surface area (Å²) in [4.78, 5) is 29.1. The lowest BCUT2D eigenvalue weighted by Crippen LogP contribution is -2.46. The monoisotopic (exact) mass is 505 g/mol. The molecule has 2 saturated heterocycles. The summed E-state index contributed by atoms with van der Waals surface area (Å²) in [6.45, 7) is 4.19. The molecule has 0 aromatic heterocycles. The smallest absolute Gasteiger partial charge is 0.455 e. The number of imide groups is 1. The molecule has 1 aromatic carbocycles. The van der Waals surface area contributed by atoms with Gasteiger partial charge in [-0.3, -0.25) is 14.5 Å². The van der Waals surface area contributed by atoms with Gasteiger partial charge in [-0.05, 0) is 69.3 Å². The van der Waals surface area contributed by atoms with Crippen molar-refractivity contribution in [3.05, 3.63) is 46.5 Å². The minimum absolute atomic E-state index is 0.0107. The lowest BCUT2D eigenvalue weighted by molar-refractivity contribution is -0.143. The molecule has 2 amide bonds. The van der Waals surface area contributed by atoms with E-state index in [4.69, 9.17) is 4.65 Å². The number of likely N-dealkylation sites (tertiary alicyclic amines) is 1. The maximum absolute atomic E-state index is 13.8. The number of hydrogen-bond donors (Lipinski definition) is 2. The van der Waals surface area contributed by atoms with Gasteiger partial charge in [-0.25, -0.2) is 0 Å². The third kappa shape index (κ3) is 5.17. The van der Waals surface area contributed by atoms with Crippen molar-refractivity contribution in [2.45, 2.75) is 96.5 Å². The van der Waals surface area contributed by atoms with Gasteiger partial charge in [0.25, 0.3) is 0 Å². The number of benzene rings is 1. The van der Waals surface area contributed by atoms with Gasteiger partial charge in [0.05, 0.1) is 17.9 Å². The summed E-state index contributed by atoms with van der Waals surface area (Å²) in [5, 5.41) is 20.9. The molecule has 0 unspecified atom stereocenters. The predicted molar refractivity (Wildman–Crippen MR) is 144 cm³/mol. The molecule has 7 heteroatoms. The first-order valence-electron chi connectivity index (χ1n) is 14.3. The molecule has 4 atom stereocenters. The minimum Gasteiger partial charge on any atom is -0.507 e. The minimum atomic E-state index is -0.936. The number of phenolic OH excluding ortho intramolecular Hbond substituents is 1. The van der Waals surface area contributed by atoms with Crippen molar-refractivity contribution in [2.75, 3.05) is 0 Å². The first-order valence-corrected chi connectivity index (χ1v) is 14.3. The van der Waals surface area contributed by atoms with Crippen LogP contribution in [0.2, 0.25) is 6.32 Å². The number of amides is 2. The molecule has 37 heavy (non-hydrogen) atoms. The lowest BCUT2D eigenvalue weighted by atomic mass is 9.58. The fourth-order valence-electron chi connectivity index (χ4n) is 7.33. The van der Waals surface area contributed by atoms with Gasteiger partial charge in [0.2, 0.25) is 11.8 Å². The zero-order valence-corrected chi connectivity index (χ0v) is 22.2. The Kier molecular flexibility index (Phi) is 7.92. The Morgan fingerprint density at radius 3 is 2.62 bits per heavy atom. The molecule has 1 saturated carbocycles. The molecule has 0 spiro atoms. The molecule has 1 aromatic rings. The van der Waals surface area contributed by atoms with Gasteiger partial charge in [0.15, 0.2) is 0 Å². The molecule has 2 aliphatic carbocycles. The molecule has 6 nitrogen and oxygen atoms in total. The average Bonchev–Trinajstić information content (AvgIpc) is 3.14. The predicted octanol–water partition coefficient (Wildman–Crippen LogP) is 5.51. The number of nitrogens with zero attached hydrogens (tertiary/aromatic N) is 1. The van der Waals surface area contributed by atoms with Crippen LogP contribution in [0.4, 0.5) is 0 Å². The fourth-order valence-corrected chi connectivity index (χ4v) is 7.33. The van der Waals surface area contributed by atoms with E-state index in [2.05, 4.69) is 6.92 Å². The van der Waals surface area contributed by atoms with Gasteiger partial charge >= 0.3 is 7.12 Å². The number of allylic oxidation sites excluding steroid dienone is 2. The van der Waals surface area contributed by atoms with Crippen LogP contribution in [0.25, 0.3) is 6.08 Å². The Balaban J connectivity index is 1.40. The highest BCUT2D eigenvalue weighted by Crippen LogP contribution is 2.52. The fraction of sp³-hybridized carbons (Fsp3) is 0.600. The van der Waals surface area contributed by atoms with Gasteiger partial charge in [0, 0.05) is 11.6 Å². The van der Waals surface area contributed by atoms with Crippen molar-refractivity contribution >= 4 is 25.0 Å². The number of rotatable bonds is 7. The molecule has 4 aliphatic rings. The number of carbonyl (C=O) groups is 2. The van der Waals surface area contributed by atoms with Crippen LogP contribution < -0.4 is 0 Å². The van der Waals surface area contributed by atoms with Crippen LogP contribution in [0.5, 0.6) is 5.75 Å². The summed E-state index contributed by atoms with van der Waals surface area (Å²) < 4.78 is 6.12. The zero-order chi connectivity index (χ0) is 26.1. The SMILES string of the molecule is CCCC1=C2[C@@H](CC/C(C)=C/c3ccccc3O)OB(O)C[C@@H]2[C@@H]2C(=O)N(C3CCCCC3)C(=O)[C@@H]2C1. The van der Waals surface area contributed by atoms with E-state index in [1.165, 1.54) is 17.6 Å². The molecule has 3 fully saturated rings. The maximum Gasteiger partial charge on any atom is 0.455 e. The Morgan fingerprint density at radius 2 is 1.89 bits per heavy atom. The number of carbonyl (C=O) groups excluding carboxylic acids is 2. The highest BCUT2D eigenvalue weighted by Gasteiger charge is 2.58. The molecular formula is C30H40BNO5. The van der Waals surface area contributed by atoms with E-state index < -0.39 is 7.12 Å². The number of phenols is 1. The molecular weight excluding hydrogens is 465 g/mol. The highest BCUT2D eigenvalue weighted by atomic mass is 16.5. The van der Waals surface area contributed by atoms with Crippen LogP contribution in [0.15, 0.2) is 41.0 Å². The van der Waals surface area contributed by atoms with E-state index in [0.717, 1.165) is 56.1 Å². The van der Waals surface area contributed by atoms with Crippen LogP contribution in [0.3, 0.4) is 0 Å². The van der Waals surface area contributed by atoms with Crippen LogP contribution in [-0.2, 0) is 14.2 Å². The zero-order valence-electron chi connectivity index (χ0n) is 22.2. The number of hydrogen-bond acceptors (Lipinski definition) is 5. The first kappa shape index (κ1) is 26.2. The second kappa shape index (κ2) is 11.2. The summed E-state index contributed by atoms with van der Waals surface area (Å²) >= 11 is 0. The molecule has 5 rings (SSSR count). The topological polar surface area (TPSA) is 87.1 Å². The number of fused-ring (bicyclic) bond motifs is 3. The summed E-state index contributed by atoms with van der Waals surface area (Å²) in [6, 6.07) is 7.32. The molecule has 2 N–H and O–H groups in total. The second-order valence-electron chi connectivity index (χ2n) is 11.5. The van der Waals surface area contributed by atoms with Crippen molar-refractivity contribution in [2.24, 2.45) is 17.8 Å². The third-order valence-corrected chi connectivity index (χ3v) is 8.97. The molecule has 0 radical (unpaired) electrons. The van der Waals surface area contributed by atoms with Gasteiger partial charge in [-0.2, -0.15) is 0 Å². The van der Waals surface area contributed by atoms with Crippen molar-refractivity contribution in [3.63, 3.8) is 0 Å². The van der Waals surface area contributed by atoms with E-state index in [1.54, 1.807) is 11.0 Å². The van der Waals surface area contributed by atoms with Crippen LogP contribution in [-0.4, -0.2) is 46.1 Å². The van der Waals surface area contributed by atoms with Gasteiger partial charge < -0.3 is 14.8 Å². The maximum atomic E-state index is 13.8. The molecule has 2 aliphatic heterocycles. The van der Waals surface area contributed by atoms with Gasteiger partial charge in [-0.15, -0.1) is 0 Å². The summed E-state index contributed by atoms with van der Waals surface area (Å²) in [7, 11) is -0.936. The Bertz CT molecular complexity index is 1090. The van der Waals surface area contributed by atoms with Gasteiger partial charge in [-0.1, -0.05) is 68.0 Å². The van der Waals surface area contributed by atoms with Crippen molar-refractivity contribution < 1.29 is 24.4 Å². The van der Waals surface area contributed by atoms with Crippen LogP contribution in [0.1, 0.15) is 83.6 Å². The van der Waals surface area contributed by atoms with Crippen LogP contribution >= 0.6 is 0 Å². The van der Waals surface area contributed by atoms with E-state index in [0.29, 0.717) is 19.2 Å². The molecule has 198 valence electrons. The van der Waals surface area contributed by atoms with Crippen molar-refractivity contribution in [3.8, 4) is 5.75 Å². The standard InChI is InChI=1S/C30H40BNO5/c1-3-9-21-17-23-28(30(35)32(29(23)34)22-11-5-4-6-12-22)24-18-31(36)37-26(27(21)24)15-14-19(2)16-20-10-7-8-13-25(20)33/h7-8,10,13,16,22-24,26,28,33,36H,3-6,9,11-12,14-15,17-18H2,1-2H3/b19-16+/t23-,24+,26-,28-/m1/s1. The Labute approximate surface area is 220 Å². The van der Waals surface area contributed by atoms with Crippen LogP contribution in [0, 0.1) is 17.8 Å².